The monoisotopic (exact) mass is 214 g/mol. The zero-order valence-electron chi connectivity index (χ0n) is 10.4. The van der Waals surface area contributed by atoms with E-state index in [1.807, 2.05) is 13.8 Å². The molecule has 0 fully saturated rings. The standard InChI is InChI=1S/C12H22O3/c1-7-10(13)14-9-12(5,6)15-8-11(2,3)4/h7H,1,8-9H2,2-6H3. The summed E-state index contributed by atoms with van der Waals surface area (Å²) in [4.78, 5) is 10.9. The SMILES string of the molecule is C=CC(=O)OCC(C)(C)OCC(C)(C)C. The second-order valence-corrected chi connectivity index (χ2v) is 5.42. The molecule has 0 aliphatic carbocycles. The van der Waals surface area contributed by atoms with Crippen LogP contribution in [0.1, 0.15) is 34.6 Å². The van der Waals surface area contributed by atoms with E-state index < -0.39 is 11.6 Å². The molecule has 0 rings (SSSR count). The Bertz CT molecular complexity index is 224. The van der Waals surface area contributed by atoms with Crippen LogP contribution in [0.25, 0.3) is 0 Å². The molecule has 0 amide bonds. The highest BCUT2D eigenvalue weighted by Gasteiger charge is 2.23. The van der Waals surface area contributed by atoms with Gasteiger partial charge >= 0.3 is 5.97 Å². The quantitative estimate of drug-likeness (QED) is 0.521. The Morgan fingerprint density at radius 1 is 1.20 bits per heavy atom. The van der Waals surface area contributed by atoms with Crippen LogP contribution in [0, 0.1) is 5.41 Å². The second kappa shape index (κ2) is 5.31. The van der Waals surface area contributed by atoms with Gasteiger partial charge < -0.3 is 9.47 Å². The van der Waals surface area contributed by atoms with Gasteiger partial charge in [-0.05, 0) is 19.3 Å². The van der Waals surface area contributed by atoms with Gasteiger partial charge in [-0.15, -0.1) is 0 Å². The summed E-state index contributed by atoms with van der Waals surface area (Å²) >= 11 is 0. The summed E-state index contributed by atoms with van der Waals surface area (Å²) in [6.45, 7) is 14.3. The van der Waals surface area contributed by atoms with Crippen molar-refractivity contribution in [2.24, 2.45) is 5.41 Å². The van der Waals surface area contributed by atoms with Crippen molar-refractivity contribution in [2.45, 2.75) is 40.2 Å². The molecular formula is C12H22O3. The Morgan fingerprint density at radius 3 is 2.13 bits per heavy atom. The fourth-order valence-corrected chi connectivity index (χ4v) is 0.757. The van der Waals surface area contributed by atoms with Gasteiger partial charge in [-0.3, -0.25) is 0 Å². The lowest BCUT2D eigenvalue weighted by atomic mass is 9.98. The van der Waals surface area contributed by atoms with Crippen molar-refractivity contribution < 1.29 is 14.3 Å². The van der Waals surface area contributed by atoms with Gasteiger partial charge in [-0.1, -0.05) is 27.4 Å². The summed E-state index contributed by atoms with van der Waals surface area (Å²) in [5.74, 6) is -0.414. The van der Waals surface area contributed by atoms with Gasteiger partial charge in [-0.2, -0.15) is 0 Å². The minimum atomic E-state index is -0.452. The van der Waals surface area contributed by atoms with E-state index in [9.17, 15) is 4.79 Å². The number of esters is 1. The van der Waals surface area contributed by atoms with Gasteiger partial charge in [0.15, 0.2) is 0 Å². The van der Waals surface area contributed by atoms with Crippen LogP contribution < -0.4 is 0 Å². The number of hydrogen-bond acceptors (Lipinski definition) is 3. The van der Waals surface area contributed by atoms with Crippen LogP contribution in [-0.4, -0.2) is 24.8 Å². The van der Waals surface area contributed by atoms with Crippen molar-refractivity contribution in [1.82, 2.24) is 0 Å². The summed E-state index contributed by atoms with van der Waals surface area (Å²) in [5, 5.41) is 0. The minimum Gasteiger partial charge on any atom is -0.459 e. The first kappa shape index (κ1) is 14.2. The first-order valence-electron chi connectivity index (χ1n) is 5.09. The third-order valence-electron chi connectivity index (χ3n) is 1.62. The van der Waals surface area contributed by atoms with Crippen LogP contribution in [0.4, 0.5) is 0 Å². The van der Waals surface area contributed by atoms with Gasteiger partial charge in [0.1, 0.15) is 6.61 Å². The van der Waals surface area contributed by atoms with Crippen molar-refractivity contribution in [3.05, 3.63) is 12.7 Å². The van der Waals surface area contributed by atoms with Crippen LogP contribution in [0.5, 0.6) is 0 Å². The summed E-state index contributed by atoms with van der Waals surface area (Å²) in [7, 11) is 0. The number of hydrogen-bond donors (Lipinski definition) is 0. The van der Waals surface area contributed by atoms with E-state index in [1.165, 1.54) is 0 Å². The van der Waals surface area contributed by atoms with E-state index >= 15 is 0 Å². The maximum atomic E-state index is 10.9. The van der Waals surface area contributed by atoms with Gasteiger partial charge in [0.2, 0.25) is 0 Å². The molecule has 3 heteroatoms. The van der Waals surface area contributed by atoms with E-state index in [1.54, 1.807) is 0 Å². The summed E-state index contributed by atoms with van der Waals surface area (Å²) in [5.41, 5.74) is -0.342. The summed E-state index contributed by atoms with van der Waals surface area (Å²) in [6.07, 6.45) is 1.15. The highest BCUT2D eigenvalue weighted by atomic mass is 16.6. The van der Waals surface area contributed by atoms with Crippen LogP contribution in [0.15, 0.2) is 12.7 Å². The fraction of sp³-hybridized carbons (Fsp3) is 0.750. The number of carbonyl (C=O) groups excluding carboxylic acids is 1. The molecule has 0 unspecified atom stereocenters. The lowest BCUT2D eigenvalue weighted by Gasteiger charge is -2.29. The van der Waals surface area contributed by atoms with Crippen LogP contribution >= 0.6 is 0 Å². The van der Waals surface area contributed by atoms with Crippen molar-refractivity contribution in [2.75, 3.05) is 13.2 Å². The average molecular weight is 214 g/mol. The lowest BCUT2D eigenvalue weighted by molar-refractivity contribution is -0.149. The number of ether oxygens (including phenoxy) is 2. The molecule has 0 saturated heterocycles. The molecule has 88 valence electrons. The molecular weight excluding hydrogens is 192 g/mol. The van der Waals surface area contributed by atoms with Gasteiger partial charge in [0.05, 0.1) is 12.2 Å². The topological polar surface area (TPSA) is 35.5 Å². The predicted molar refractivity (Wildman–Crippen MR) is 60.6 cm³/mol. The van der Waals surface area contributed by atoms with E-state index in [2.05, 4.69) is 27.4 Å². The molecule has 0 aromatic carbocycles. The zero-order valence-corrected chi connectivity index (χ0v) is 10.4. The van der Waals surface area contributed by atoms with Gasteiger partial charge in [0.25, 0.3) is 0 Å². The summed E-state index contributed by atoms with van der Waals surface area (Å²) < 4.78 is 10.6. The molecule has 0 spiro atoms. The van der Waals surface area contributed by atoms with Crippen molar-refractivity contribution in [1.29, 1.82) is 0 Å². The van der Waals surface area contributed by atoms with E-state index in [0.29, 0.717) is 6.61 Å². The molecule has 0 atom stereocenters. The molecule has 0 aromatic heterocycles. The van der Waals surface area contributed by atoms with Crippen LogP contribution in [0.3, 0.4) is 0 Å². The number of rotatable bonds is 5. The molecule has 0 aliphatic heterocycles. The highest BCUT2D eigenvalue weighted by Crippen LogP contribution is 2.18. The smallest absolute Gasteiger partial charge is 0.330 e. The highest BCUT2D eigenvalue weighted by molar-refractivity contribution is 5.81. The molecule has 0 radical (unpaired) electrons. The molecule has 0 bridgehead atoms. The first-order valence-corrected chi connectivity index (χ1v) is 5.09. The molecule has 0 aromatic rings. The lowest BCUT2D eigenvalue weighted by Crippen LogP contribution is -2.34. The Labute approximate surface area is 92.5 Å². The molecule has 15 heavy (non-hydrogen) atoms. The molecule has 3 nitrogen and oxygen atoms in total. The van der Waals surface area contributed by atoms with Crippen molar-refractivity contribution >= 4 is 5.97 Å². The predicted octanol–water partition coefficient (Wildman–Crippen LogP) is 2.56. The maximum absolute atomic E-state index is 10.9. The van der Waals surface area contributed by atoms with Crippen molar-refractivity contribution in [3.63, 3.8) is 0 Å². The van der Waals surface area contributed by atoms with E-state index in [0.717, 1.165) is 6.08 Å². The van der Waals surface area contributed by atoms with Gasteiger partial charge in [-0.25, -0.2) is 4.79 Å². The second-order valence-electron chi connectivity index (χ2n) is 5.42. The van der Waals surface area contributed by atoms with Crippen LogP contribution in [0.2, 0.25) is 0 Å². The third-order valence-corrected chi connectivity index (χ3v) is 1.62. The average Bonchev–Trinajstić information content (AvgIpc) is 2.10. The maximum Gasteiger partial charge on any atom is 0.330 e. The van der Waals surface area contributed by atoms with Gasteiger partial charge in [0, 0.05) is 6.08 Å². The van der Waals surface area contributed by atoms with E-state index in [4.69, 9.17) is 9.47 Å². The molecule has 0 heterocycles. The van der Waals surface area contributed by atoms with Crippen molar-refractivity contribution in [3.8, 4) is 0 Å². The Kier molecular flexibility index (Phi) is 5.01. The Hall–Kier alpha value is -0.830. The Morgan fingerprint density at radius 2 is 1.73 bits per heavy atom. The molecule has 0 N–H and O–H groups in total. The Balaban J connectivity index is 3.97. The largest absolute Gasteiger partial charge is 0.459 e. The fourth-order valence-electron chi connectivity index (χ4n) is 0.757. The third kappa shape index (κ3) is 8.18. The first-order chi connectivity index (χ1) is 6.66. The van der Waals surface area contributed by atoms with Crippen LogP contribution in [-0.2, 0) is 14.3 Å². The normalized spacial score (nSPS) is 12.3. The molecule has 0 saturated carbocycles. The molecule has 0 aliphatic rings. The minimum absolute atomic E-state index is 0.111. The van der Waals surface area contributed by atoms with E-state index in [-0.39, 0.29) is 12.0 Å². The summed E-state index contributed by atoms with van der Waals surface area (Å²) in [6, 6.07) is 0. The number of carbonyl (C=O) groups is 1. The zero-order chi connectivity index (χ0) is 12.1.